The second kappa shape index (κ2) is 10.3. The molecule has 0 amide bonds. The van der Waals surface area contributed by atoms with Crippen LogP contribution in [0.4, 0.5) is 0 Å². The third-order valence-corrected chi connectivity index (χ3v) is 5.54. The Morgan fingerprint density at radius 2 is 1.33 bits per heavy atom. The van der Waals surface area contributed by atoms with Gasteiger partial charge in [0, 0.05) is 0 Å². The van der Waals surface area contributed by atoms with E-state index in [0.717, 1.165) is 6.42 Å². The fraction of sp³-hybridized carbons (Fsp3) is 0.346. The molecule has 0 saturated carbocycles. The molecule has 3 aromatic rings. The monoisotopic (exact) mass is 432 g/mol. The van der Waals surface area contributed by atoms with E-state index in [4.69, 9.17) is 0 Å². The molecule has 0 aromatic heterocycles. The summed E-state index contributed by atoms with van der Waals surface area (Å²) in [6.45, 7) is 9.04. The maximum absolute atomic E-state index is 3.63. The van der Waals surface area contributed by atoms with Crippen LogP contribution < -0.4 is 0 Å². The Morgan fingerprint density at radius 1 is 0.778 bits per heavy atom. The minimum atomic E-state index is 0. The van der Waals surface area contributed by atoms with Crippen molar-refractivity contribution in [3.63, 3.8) is 0 Å². The van der Waals surface area contributed by atoms with Crippen molar-refractivity contribution in [2.24, 2.45) is 5.92 Å². The third kappa shape index (κ3) is 4.57. The summed E-state index contributed by atoms with van der Waals surface area (Å²) < 4.78 is 0. The molecular formula is C26H30Zr. The topological polar surface area (TPSA) is 0 Å². The predicted molar refractivity (Wildman–Crippen MR) is 115 cm³/mol. The smallest absolute Gasteiger partial charge is 0.266 e. The van der Waals surface area contributed by atoms with E-state index in [1.54, 1.807) is 11.1 Å². The molecule has 1 unspecified atom stereocenters. The molecule has 0 saturated heterocycles. The fourth-order valence-electron chi connectivity index (χ4n) is 4.26. The Bertz CT molecular complexity index is 889. The van der Waals surface area contributed by atoms with Crippen LogP contribution in [0.25, 0.3) is 21.5 Å². The number of benzene rings is 2. The first-order valence-electron chi connectivity index (χ1n) is 10.1. The molecule has 0 aliphatic heterocycles. The SMILES string of the molecule is CCC1=[C-]C(CC)C(CC)=C1CC.[Zr+2].c1ccc2c(c1)[cH-]c1ccccc12. The van der Waals surface area contributed by atoms with Crippen molar-refractivity contribution >= 4 is 21.5 Å². The van der Waals surface area contributed by atoms with Crippen LogP contribution in [0.3, 0.4) is 0 Å². The normalized spacial score (nSPS) is 16.1. The molecule has 0 bridgehead atoms. The van der Waals surface area contributed by atoms with Crippen LogP contribution in [-0.4, -0.2) is 0 Å². The summed E-state index contributed by atoms with van der Waals surface area (Å²) in [4.78, 5) is 0. The van der Waals surface area contributed by atoms with Crippen LogP contribution in [0, 0.1) is 12.0 Å². The van der Waals surface area contributed by atoms with E-state index in [1.165, 1.54) is 46.4 Å². The van der Waals surface area contributed by atoms with Gasteiger partial charge < -0.3 is 0 Å². The van der Waals surface area contributed by atoms with Crippen molar-refractivity contribution < 1.29 is 26.2 Å². The molecule has 0 radical (unpaired) electrons. The average Bonchev–Trinajstić information content (AvgIpc) is 3.25. The largest absolute Gasteiger partial charge is 2.00 e. The quantitative estimate of drug-likeness (QED) is 0.366. The van der Waals surface area contributed by atoms with Crippen molar-refractivity contribution in [2.45, 2.75) is 53.4 Å². The zero-order chi connectivity index (χ0) is 18.5. The van der Waals surface area contributed by atoms with Crippen molar-refractivity contribution in [2.75, 3.05) is 0 Å². The van der Waals surface area contributed by atoms with Gasteiger partial charge in [0.1, 0.15) is 0 Å². The molecule has 1 aliphatic carbocycles. The minimum absolute atomic E-state index is 0. The van der Waals surface area contributed by atoms with Gasteiger partial charge >= 0.3 is 26.2 Å². The Balaban J connectivity index is 0.000000187. The van der Waals surface area contributed by atoms with Gasteiger partial charge in [0.2, 0.25) is 0 Å². The molecule has 0 N–H and O–H groups in total. The van der Waals surface area contributed by atoms with Gasteiger partial charge in [0.15, 0.2) is 0 Å². The van der Waals surface area contributed by atoms with E-state index in [1.807, 2.05) is 0 Å². The van der Waals surface area contributed by atoms with Crippen molar-refractivity contribution in [1.29, 1.82) is 0 Å². The van der Waals surface area contributed by atoms with Gasteiger partial charge in [-0.2, -0.15) is 11.1 Å². The van der Waals surface area contributed by atoms with Crippen LogP contribution in [0.15, 0.2) is 71.3 Å². The maximum Gasteiger partial charge on any atom is 2.00 e. The number of hydrogen-bond acceptors (Lipinski definition) is 0. The predicted octanol–water partition coefficient (Wildman–Crippen LogP) is 7.99. The molecule has 1 heteroatoms. The molecule has 1 atom stereocenters. The molecule has 4 rings (SSSR count). The van der Waals surface area contributed by atoms with Gasteiger partial charge in [-0.3, -0.25) is 6.08 Å². The van der Waals surface area contributed by atoms with Gasteiger partial charge in [0.25, 0.3) is 0 Å². The molecule has 0 heterocycles. The third-order valence-electron chi connectivity index (χ3n) is 5.54. The molecule has 0 spiro atoms. The summed E-state index contributed by atoms with van der Waals surface area (Å²) in [5, 5.41) is 5.39. The standard InChI is InChI=1S/C13H9.C13H21.Zr/c1-3-7-12-10(5-1)9-11-6-2-4-8-13(11)12;1-5-10-9-11(6-2)13(8-4)12(10)7-3;/h1-9H;10H,5-8H2,1-4H3;/q2*-1;+2. The maximum atomic E-state index is 3.63. The van der Waals surface area contributed by atoms with E-state index in [-0.39, 0.29) is 26.2 Å². The first-order chi connectivity index (χ1) is 12.7. The van der Waals surface area contributed by atoms with Crippen molar-refractivity contribution in [1.82, 2.24) is 0 Å². The summed E-state index contributed by atoms with van der Waals surface area (Å²) in [7, 11) is 0. The Morgan fingerprint density at radius 3 is 1.78 bits per heavy atom. The molecule has 1 aliphatic rings. The summed E-state index contributed by atoms with van der Waals surface area (Å²) in [6, 6.07) is 19.3. The van der Waals surface area contributed by atoms with E-state index < -0.39 is 0 Å². The molecule has 27 heavy (non-hydrogen) atoms. The first kappa shape index (κ1) is 22.0. The number of fused-ring (bicyclic) bond motifs is 3. The van der Waals surface area contributed by atoms with Gasteiger partial charge in [-0.15, -0.1) is 39.7 Å². The Hall–Kier alpha value is -1.33. The number of rotatable bonds is 4. The van der Waals surface area contributed by atoms with Crippen LogP contribution >= 0.6 is 0 Å². The van der Waals surface area contributed by atoms with Crippen molar-refractivity contribution in [3.8, 4) is 0 Å². The second-order valence-corrected chi connectivity index (χ2v) is 6.97. The first-order valence-corrected chi connectivity index (χ1v) is 10.1. The van der Waals surface area contributed by atoms with E-state index in [0.29, 0.717) is 5.92 Å². The van der Waals surface area contributed by atoms with E-state index in [2.05, 4.69) is 88.4 Å². The van der Waals surface area contributed by atoms with Gasteiger partial charge in [0.05, 0.1) is 0 Å². The van der Waals surface area contributed by atoms with Gasteiger partial charge in [-0.1, -0.05) is 95.7 Å². The van der Waals surface area contributed by atoms with Crippen LogP contribution in [0.2, 0.25) is 0 Å². The zero-order valence-electron chi connectivity index (χ0n) is 17.1. The second-order valence-electron chi connectivity index (χ2n) is 6.97. The molecule has 138 valence electrons. The molecule has 3 aromatic carbocycles. The van der Waals surface area contributed by atoms with E-state index in [9.17, 15) is 0 Å². The van der Waals surface area contributed by atoms with Crippen LogP contribution in [0.1, 0.15) is 53.4 Å². The summed E-state index contributed by atoms with van der Waals surface area (Å²) in [5.74, 6) is 0.634. The summed E-state index contributed by atoms with van der Waals surface area (Å²) in [5.41, 5.74) is 4.75. The molecule has 0 nitrogen and oxygen atoms in total. The van der Waals surface area contributed by atoms with Gasteiger partial charge in [-0.05, 0) is 0 Å². The fourth-order valence-corrected chi connectivity index (χ4v) is 4.26. The average molecular weight is 434 g/mol. The van der Waals surface area contributed by atoms with Crippen LogP contribution in [0.5, 0.6) is 0 Å². The number of allylic oxidation sites excluding steroid dienone is 4. The molecule has 0 fully saturated rings. The Kier molecular flexibility index (Phi) is 8.36. The zero-order valence-corrected chi connectivity index (χ0v) is 19.6. The molecular weight excluding hydrogens is 404 g/mol. The van der Waals surface area contributed by atoms with Gasteiger partial charge in [-0.25, -0.2) is 5.57 Å². The summed E-state index contributed by atoms with van der Waals surface area (Å²) >= 11 is 0. The van der Waals surface area contributed by atoms with Crippen LogP contribution in [-0.2, 0) is 26.2 Å². The van der Waals surface area contributed by atoms with Crippen molar-refractivity contribution in [3.05, 3.63) is 77.4 Å². The minimum Gasteiger partial charge on any atom is -0.266 e. The number of hydrogen-bond donors (Lipinski definition) is 0. The summed E-state index contributed by atoms with van der Waals surface area (Å²) in [6.07, 6.45) is 8.41. The van der Waals surface area contributed by atoms with E-state index >= 15 is 0 Å². The Labute approximate surface area is 183 Å².